The van der Waals surface area contributed by atoms with E-state index in [0.29, 0.717) is 40.7 Å². The van der Waals surface area contributed by atoms with E-state index in [1.54, 1.807) is 24.3 Å². The van der Waals surface area contributed by atoms with Crippen molar-refractivity contribution >= 4 is 24.2 Å². The molecule has 0 aliphatic rings. The first-order chi connectivity index (χ1) is 14.0. The van der Waals surface area contributed by atoms with E-state index in [4.69, 9.17) is 11.6 Å². The molecule has 29 heavy (non-hydrogen) atoms. The molecule has 0 unspecified atom stereocenters. The van der Waals surface area contributed by atoms with E-state index >= 15 is 0 Å². The van der Waals surface area contributed by atoms with Crippen LogP contribution in [0, 0.1) is 11.9 Å². The van der Waals surface area contributed by atoms with Gasteiger partial charge in [-0.2, -0.15) is 8.78 Å². The number of H-pyrrole nitrogens is 2. The van der Waals surface area contributed by atoms with Crippen LogP contribution in [0.1, 0.15) is 20.7 Å². The summed E-state index contributed by atoms with van der Waals surface area (Å²) in [5, 5.41) is 0.205. The summed E-state index contributed by atoms with van der Waals surface area (Å²) in [7, 11) is 0. The van der Waals surface area contributed by atoms with Crippen LogP contribution in [0.3, 0.4) is 0 Å². The summed E-state index contributed by atoms with van der Waals surface area (Å²) >= 11 is 5.87. The lowest BCUT2D eigenvalue weighted by Crippen LogP contribution is -1.88. The van der Waals surface area contributed by atoms with Crippen molar-refractivity contribution < 1.29 is 18.4 Å². The average Bonchev–Trinajstić information content (AvgIpc) is 3.36. The smallest absolute Gasteiger partial charge is 0.222 e. The van der Waals surface area contributed by atoms with Crippen LogP contribution in [0.4, 0.5) is 8.78 Å². The minimum Gasteiger partial charge on any atom is -0.360 e. The van der Waals surface area contributed by atoms with Crippen molar-refractivity contribution in [2.75, 3.05) is 0 Å². The zero-order chi connectivity index (χ0) is 20.8. The number of aromatic nitrogens is 4. The monoisotopic (exact) mass is 414 g/mol. The number of aldehydes is 2. The molecule has 4 rings (SSSR count). The maximum Gasteiger partial charge on any atom is 0.222 e. The lowest BCUT2D eigenvalue weighted by Gasteiger charge is -1.99. The van der Waals surface area contributed by atoms with E-state index in [9.17, 15) is 18.4 Å². The molecule has 9 heteroatoms. The molecule has 0 radical (unpaired) electrons. The fourth-order valence-corrected chi connectivity index (χ4v) is 2.75. The average molecular weight is 415 g/mol. The number of hydrogen-bond acceptors (Lipinski definition) is 4. The van der Waals surface area contributed by atoms with Crippen molar-refractivity contribution in [3.63, 3.8) is 0 Å². The van der Waals surface area contributed by atoms with Crippen LogP contribution < -0.4 is 0 Å². The molecule has 6 nitrogen and oxygen atoms in total. The number of hydrogen-bond donors (Lipinski definition) is 2. The predicted octanol–water partition coefficient (Wildman–Crippen LogP) is 4.71. The van der Waals surface area contributed by atoms with Gasteiger partial charge in [0.05, 0.1) is 33.1 Å². The second-order valence-corrected chi connectivity index (χ2v) is 6.08. The van der Waals surface area contributed by atoms with E-state index in [1.807, 2.05) is 0 Å². The fourth-order valence-electron chi connectivity index (χ4n) is 2.50. The second-order valence-electron chi connectivity index (χ2n) is 5.70. The third-order valence-corrected chi connectivity index (χ3v) is 4.30. The van der Waals surface area contributed by atoms with Gasteiger partial charge in [-0.15, -0.1) is 0 Å². The van der Waals surface area contributed by atoms with Gasteiger partial charge in [-0.25, -0.2) is 9.97 Å². The highest BCUT2D eigenvalue weighted by molar-refractivity contribution is 6.35. The first-order valence-electron chi connectivity index (χ1n) is 8.22. The van der Waals surface area contributed by atoms with Gasteiger partial charge in [0.15, 0.2) is 12.6 Å². The van der Waals surface area contributed by atoms with Crippen LogP contribution >= 0.6 is 11.6 Å². The highest BCUT2D eigenvalue weighted by Gasteiger charge is 2.14. The van der Waals surface area contributed by atoms with Crippen molar-refractivity contribution in [1.82, 2.24) is 19.9 Å². The lowest BCUT2D eigenvalue weighted by molar-refractivity contribution is 0.111. The summed E-state index contributed by atoms with van der Waals surface area (Å²) in [6, 6.07) is 7.94. The number of carbonyl (C=O) groups is 2. The highest BCUT2D eigenvalue weighted by atomic mass is 35.5. The molecule has 0 saturated carbocycles. The first-order valence-corrected chi connectivity index (χ1v) is 8.60. The molecule has 0 saturated heterocycles. The number of pyridine rings is 2. The van der Waals surface area contributed by atoms with Crippen molar-refractivity contribution in [2.45, 2.75) is 0 Å². The van der Waals surface area contributed by atoms with Crippen LogP contribution in [-0.2, 0) is 0 Å². The van der Waals surface area contributed by atoms with Gasteiger partial charge in [0.25, 0.3) is 0 Å². The second kappa shape index (κ2) is 9.03. The summed E-state index contributed by atoms with van der Waals surface area (Å²) in [6.07, 6.45) is 6.98. The molecule has 0 atom stereocenters. The molecule has 0 aromatic carbocycles. The van der Waals surface area contributed by atoms with Crippen LogP contribution in [-0.4, -0.2) is 32.5 Å². The van der Waals surface area contributed by atoms with Crippen molar-refractivity contribution in [3.8, 4) is 22.5 Å². The SMILES string of the molecule is O=Cc1c[nH]c(-c2cccnc2F)c1.O=Cc1c[nH]c(-c2cccnc2F)c1Cl. The Labute approximate surface area is 168 Å². The van der Waals surface area contributed by atoms with Crippen LogP contribution in [0.2, 0.25) is 5.02 Å². The molecule has 4 aromatic rings. The Morgan fingerprint density at radius 3 is 2.07 bits per heavy atom. The molecule has 0 spiro atoms. The summed E-state index contributed by atoms with van der Waals surface area (Å²) in [4.78, 5) is 33.5. The molecule has 0 amide bonds. The Morgan fingerprint density at radius 2 is 1.55 bits per heavy atom. The molecule has 0 aliphatic heterocycles. The Morgan fingerprint density at radius 1 is 0.897 bits per heavy atom. The minimum atomic E-state index is -0.626. The van der Waals surface area contributed by atoms with Gasteiger partial charge in [0.2, 0.25) is 11.9 Å². The van der Waals surface area contributed by atoms with Crippen LogP contribution in [0.25, 0.3) is 22.5 Å². The number of aromatic amines is 2. The normalized spacial score (nSPS) is 10.2. The van der Waals surface area contributed by atoms with Crippen molar-refractivity contribution in [1.29, 1.82) is 0 Å². The molecule has 0 bridgehead atoms. The van der Waals surface area contributed by atoms with Gasteiger partial charge in [-0.05, 0) is 30.3 Å². The lowest BCUT2D eigenvalue weighted by atomic mass is 10.2. The zero-order valence-corrected chi connectivity index (χ0v) is 15.5. The maximum atomic E-state index is 13.3. The molecular weight excluding hydrogens is 402 g/mol. The molecule has 4 heterocycles. The summed E-state index contributed by atoms with van der Waals surface area (Å²) in [6.45, 7) is 0. The Kier molecular flexibility index (Phi) is 6.25. The highest BCUT2D eigenvalue weighted by Crippen LogP contribution is 2.29. The van der Waals surface area contributed by atoms with Gasteiger partial charge >= 0.3 is 0 Å². The van der Waals surface area contributed by atoms with E-state index < -0.39 is 11.9 Å². The van der Waals surface area contributed by atoms with Gasteiger partial charge in [0.1, 0.15) is 0 Å². The van der Waals surface area contributed by atoms with E-state index in [-0.39, 0.29) is 10.6 Å². The van der Waals surface area contributed by atoms with Crippen LogP contribution in [0.15, 0.2) is 55.1 Å². The Balaban J connectivity index is 0.000000166. The van der Waals surface area contributed by atoms with Crippen LogP contribution in [0.5, 0.6) is 0 Å². The van der Waals surface area contributed by atoms with Gasteiger partial charge in [-0.1, -0.05) is 11.6 Å². The third-order valence-electron chi connectivity index (χ3n) is 3.89. The van der Waals surface area contributed by atoms with Gasteiger partial charge in [0, 0.05) is 30.4 Å². The molecule has 2 N–H and O–H groups in total. The molecule has 0 fully saturated rings. The van der Waals surface area contributed by atoms with Crippen molar-refractivity contribution in [3.05, 3.63) is 83.2 Å². The van der Waals surface area contributed by atoms with Gasteiger partial charge < -0.3 is 9.97 Å². The van der Waals surface area contributed by atoms with E-state index in [1.165, 1.54) is 30.9 Å². The first kappa shape index (κ1) is 20.1. The molecule has 146 valence electrons. The third kappa shape index (κ3) is 4.44. The maximum absolute atomic E-state index is 13.3. The van der Waals surface area contributed by atoms with Crippen molar-refractivity contribution in [2.24, 2.45) is 0 Å². The summed E-state index contributed by atoms with van der Waals surface area (Å²) in [5.41, 5.74) is 2.32. The fraction of sp³-hybridized carbons (Fsp3) is 0. The number of carbonyl (C=O) groups excluding carboxylic acids is 2. The largest absolute Gasteiger partial charge is 0.360 e. The zero-order valence-electron chi connectivity index (χ0n) is 14.7. The Hall–Kier alpha value is -3.65. The molecule has 4 aromatic heterocycles. The summed E-state index contributed by atoms with van der Waals surface area (Å²) in [5.74, 6) is -1.18. The quantitative estimate of drug-likeness (QED) is 0.373. The van der Waals surface area contributed by atoms with E-state index in [2.05, 4.69) is 19.9 Å². The summed E-state index contributed by atoms with van der Waals surface area (Å²) < 4.78 is 26.5. The topological polar surface area (TPSA) is 91.5 Å². The Bertz CT molecular complexity index is 1160. The van der Waals surface area contributed by atoms with Gasteiger partial charge in [-0.3, -0.25) is 9.59 Å². The molecule has 0 aliphatic carbocycles. The number of nitrogens with zero attached hydrogens (tertiary/aromatic N) is 2. The molecular formula is C20H13ClF2N4O2. The number of nitrogens with one attached hydrogen (secondary N) is 2. The number of rotatable bonds is 4. The van der Waals surface area contributed by atoms with E-state index in [0.717, 1.165) is 0 Å². The number of halogens is 3. The standard InChI is InChI=1S/C10H6ClFN2O.C10H7FN2O/c11-8-6(5-15)4-14-9(8)7-2-1-3-13-10(7)12;11-10-8(2-1-3-12-10)9-4-7(6-14)5-13-9/h1-5,14H;1-6,13H. The predicted molar refractivity (Wildman–Crippen MR) is 104 cm³/mol. The minimum absolute atomic E-state index is 0.205.